The van der Waals surface area contributed by atoms with Gasteiger partial charge >= 0.3 is 5.97 Å². The van der Waals surface area contributed by atoms with E-state index in [-0.39, 0.29) is 21.5 Å². The summed E-state index contributed by atoms with van der Waals surface area (Å²) in [5.74, 6) is -2.79. The van der Waals surface area contributed by atoms with Crippen molar-refractivity contribution in [3.8, 4) is 0 Å². The highest BCUT2D eigenvalue weighted by atomic mass is 79.9. The van der Waals surface area contributed by atoms with Gasteiger partial charge in [0.25, 0.3) is 5.91 Å². The number of likely N-dealkylation sites (tertiary alicyclic amines) is 1. The van der Waals surface area contributed by atoms with Crippen molar-refractivity contribution in [2.45, 2.75) is 35.8 Å². The maximum Gasteiger partial charge on any atom is 0.326 e. The molecule has 0 bridgehead atoms. The van der Waals surface area contributed by atoms with E-state index < -0.39 is 36.9 Å². The van der Waals surface area contributed by atoms with E-state index in [1.807, 2.05) is 19.1 Å². The third-order valence-corrected chi connectivity index (χ3v) is 8.03. The molecule has 0 unspecified atom stereocenters. The van der Waals surface area contributed by atoms with Crippen LogP contribution in [0.4, 0.5) is 5.69 Å². The van der Waals surface area contributed by atoms with Crippen LogP contribution in [-0.2, 0) is 30.3 Å². The van der Waals surface area contributed by atoms with E-state index in [4.69, 9.17) is 4.74 Å². The van der Waals surface area contributed by atoms with Gasteiger partial charge in [0, 0.05) is 15.3 Å². The number of hydrogen-bond donors (Lipinski definition) is 1. The smallest absolute Gasteiger partial charge is 0.326 e. The third kappa shape index (κ3) is 5.06. The number of ether oxygens (including phenoxy) is 1. The number of aryl methyl sites for hydroxylation is 1. The van der Waals surface area contributed by atoms with Gasteiger partial charge in [0.05, 0.1) is 11.8 Å². The minimum atomic E-state index is -0.785. The minimum absolute atomic E-state index is 0.0995. The summed E-state index contributed by atoms with van der Waals surface area (Å²) >= 11 is 7.04. The predicted octanol–water partition coefficient (Wildman–Crippen LogP) is 2.65. The maximum absolute atomic E-state index is 12.6. The Balaban J connectivity index is 1.49. The number of alkyl halides is 2. The van der Waals surface area contributed by atoms with E-state index in [0.717, 1.165) is 16.9 Å². The lowest BCUT2D eigenvalue weighted by Crippen LogP contribution is -2.37. The number of fused-ring (bicyclic) bond motifs is 1. The summed E-state index contributed by atoms with van der Waals surface area (Å²) in [5.41, 5.74) is 1.75. The summed E-state index contributed by atoms with van der Waals surface area (Å²) < 4.78 is 4.96. The third-order valence-electron chi connectivity index (χ3n) is 5.30. The summed E-state index contributed by atoms with van der Waals surface area (Å²) in [4.78, 5) is 50.3. The zero-order valence-corrected chi connectivity index (χ0v) is 19.1. The van der Waals surface area contributed by atoms with Crippen LogP contribution in [-0.4, -0.2) is 51.4 Å². The second kappa shape index (κ2) is 9.38. The van der Waals surface area contributed by atoms with E-state index in [1.165, 1.54) is 0 Å². The number of nitrogens with one attached hydrogen (secondary N) is 1. The number of benzene rings is 1. The average Bonchev–Trinajstić information content (AvgIpc) is 2.92. The SMILES string of the molecule is CCc1ccc(NC(=O)COC(=O)CN2C(=O)[C@H]3C[C@H](Br)[C@@H](Br)C[C@H]3C2=O)cc1. The van der Waals surface area contributed by atoms with Crippen LogP contribution in [0.5, 0.6) is 0 Å². The first-order chi connectivity index (χ1) is 13.8. The van der Waals surface area contributed by atoms with Gasteiger partial charge < -0.3 is 10.1 Å². The average molecular weight is 530 g/mol. The molecule has 1 aromatic carbocycles. The van der Waals surface area contributed by atoms with Gasteiger partial charge in [0.1, 0.15) is 6.54 Å². The quantitative estimate of drug-likeness (QED) is 0.347. The molecule has 3 amide bonds. The van der Waals surface area contributed by atoms with Gasteiger partial charge in [-0.15, -0.1) is 0 Å². The molecule has 156 valence electrons. The highest BCUT2D eigenvalue weighted by Crippen LogP contribution is 2.43. The lowest BCUT2D eigenvalue weighted by molar-refractivity contribution is -0.154. The Kier molecular flexibility index (Phi) is 7.10. The fourth-order valence-corrected chi connectivity index (χ4v) is 4.90. The van der Waals surface area contributed by atoms with Crippen molar-refractivity contribution in [1.29, 1.82) is 0 Å². The van der Waals surface area contributed by atoms with Crippen LogP contribution >= 0.6 is 31.9 Å². The molecule has 7 nitrogen and oxygen atoms in total. The lowest BCUT2D eigenvalue weighted by atomic mass is 9.81. The van der Waals surface area contributed by atoms with Crippen LogP contribution in [0.3, 0.4) is 0 Å². The number of rotatable bonds is 6. The monoisotopic (exact) mass is 528 g/mol. The van der Waals surface area contributed by atoms with Gasteiger partial charge in [0.15, 0.2) is 6.61 Å². The Bertz CT molecular complexity index is 786. The molecule has 4 atom stereocenters. The highest BCUT2D eigenvalue weighted by molar-refractivity contribution is 9.12. The molecule has 1 saturated heterocycles. The molecule has 1 N–H and O–H groups in total. The molecule has 0 spiro atoms. The van der Waals surface area contributed by atoms with E-state index in [1.54, 1.807) is 12.1 Å². The standard InChI is InChI=1S/C20H22Br2N2O5/c1-2-11-3-5-12(6-4-11)23-17(25)10-29-18(26)9-24-19(27)13-7-15(21)16(22)8-14(13)20(24)28/h3-6,13-16H,2,7-10H2,1H3,(H,23,25)/t13-,14+,15-,16-/m0/s1. The minimum Gasteiger partial charge on any atom is -0.454 e. The molecule has 29 heavy (non-hydrogen) atoms. The summed E-state index contributed by atoms with van der Waals surface area (Å²) in [5, 5.41) is 2.64. The van der Waals surface area contributed by atoms with Crippen LogP contribution in [0.1, 0.15) is 25.3 Å². The topological polar surface area (TPSA) is 92.8 Å². The number of nitrogens with zero attached hydrogens (tertiary/aromatic N) is 1. The van der Waals surface area contributed by atoms with E-state index in [2.05, 4.69) is 37.2 Å². The maximum atomic E-state index is 12.6. The number of hydrogen-bond acceptors (Lipinski definition) is 5. The molecule has 9 heteroatoms. The summed E-state index contributed by atoms with van der Waals surface area (Å²) in [6, 6.07) is 7.35. The van der Waals surface area contributed by atoms with Crippen molar-refractivity contribution in [2.75, 3.05) is 18.5 Å². The highest BCUT2D eigenvalue weighted by Gasteiger charge is 2.52. The molecule has 1 saturated carbocycles. The number of anilines is 1. The summed E-state index contributed by atoms with van der Waals surface area (Å²) in [6.45, 7) is 1.09. The molecule has 1 aliphatic heterocycles. The lowest BCUT2D eigenvalue weighted by Gasteiger charge is -2.29. The Labute approximate surface area is 185 Å². The number of esters is 1. The van der Waals surface area contributed by atoms with Crippen LogP contribution in [0, 0.1) is 11.8 Å². The molecule has 1 aliphatic carbocycles. The molecular formula is C20H22Br2N2O5. The Hall–Kier alpha value is -1.74. The van der Waals surface area contributed by atoms with E-state index >= 15 is 0 Å². The number of carbonyl (C=O) groups is 4. The first-order valence-corrected chi connectivity index (χ1v) is 11.3. The van der Waals surface area contributed by atoms with E-state index in [9.17, 15) is 19.2 Å². The normalized spacial score (nSPS) is 26.2. The first kappa shape index (κ1) is 22.0. The van der Waals surface area contributed by atoms with Gasteiger partial charge in [-0.25, -0.2) is 0 Å². The zero-order valence-electron chi connectivity index (χ0n) is 15.9. The van der Waals surface area contributed by atoms with Gasteiger partial charge in [-0.05, 0) is 37.0 Å². The molecule has 1 aromatic rings. The van der Waals surface area contributed by atoms with Crippen LogP contribution in [0.15, 0.2) is 24.3 Å². The molecule has 3 rings (SSSR count). The number of amides is 3. The number of halogens is 2. The van der Waals surface area contributed by atoms with Gasteiger partial charge in [-0.1, -0.05) is 50.9 Å². The van der Waals surface area contributed by atoms with E-state index in [0.29, 0.717) is 18.5 Å². The predicted molar refractivity (Wildman–Crippen MR) is 114 cm³/mol. The molecule has 0 radical (unpaired) electrons. The summed E-state index contributed by atoms with van der Waals surface area (Å²) in [7, 11) is 0. The number of carbonyl (C=O) groups excluding carboxylic acids is 4. The van der Waals surface area contributed by atoms with Crippen molar-refractivity contribution in [2.24, 2.45) is 11.8 Å². The Morgan fingerprint density at radius 1 is 1.07 bits per heavy atom. The van der Waals surface area contributed by atoms with Gasteiger partial charge in [0.2, 0.25) is 11.8 Å². The largest absolute Gasteiger partial charge is 0.454 e. The van der Waals surface area contributed by atoms with Crippen molar-refractivity contribution < 1.29 is 23.9 Å². The first-order valence-electron chi connectivity index (χ1n) is 9.48. The van der Waals surface area contributed by atoms with Gasteiger partial charge in [-0.2, -0.15) is 0 Å². The molecule has 2 aliphatic rings. The second-order valence-electron chi connectivity index (χ2n) is 7.24. The molecule has 1 heterocycles. The van der Waals surface area contributed by atoms with Crippen LogP contribution in [0.25, 0.3) is 0 Å². The fourth-order valence-electron chi connectivity index (χ4n) is 3.66. The van der Waals surface area contributed by atoms with Gasteiger partial charge in [-0.3, -0.25) is 24.1 Å². The second-order valence-corrected chi connectivity index (χ2v) is 9.59. The van der Waals surface area contributed by atoms with Crippen molar-refractivity contribution in [1.82, 2.24) is 4.90 Å². The van der Waals surface area contributed by atoms with Crippen molar-refractivity contribution >= 4 is 61.2 Å². The summed E-state index contributed by atoms with van der Waals surface area (Å²) in [6.07, 6.45) is 1.97. The molecular weight excluding hydrogens is 508 g/mol. The van der Waals surface area contributed by atoms with Crippen molar-refractivity contribution in [3.63, 3.8) is 0 Å². The Morgan fingerprint density at radius 3 is 2.14 bits per heavy atom. The number of imide groups is 1. The van der Waals surface area contributed by atoms with Crippen LogP contribution < -0.4 is 5.32 Å². The van der Waals surface area contributed by atoms with Crippen molar-refractivity contribution in [3.05, 3.63) is 29.8 Å². The zero-order chi connectivity index (χ0) is 21.1. The Morgan fingerprint density at radius 2 is 1.62 bits per heavy atom. The fraction of sp³-hybridized carbons (Fsp3) is 0.500. The molecule has 2 fully saturated rings. The molecule has 0 aromatic heterocycles. The van der Waals surface area contributed by atoms with Crippen LogP contribution in [0.2, 0.25) is 0 Å².